The number of nitrogens with one attached hydrogen (secondary N) is 1. The van der Waals surface area contributed by atoms with E-state index in [9.17, 15) is 14.4 Å². The number of primary amides is 1. The number of nitrogens with two attached hydrogens (primary N) is 1. The maximum atomic E-state index is 12.3. The van der Waals surface area contributed by atoms with E-state index in [1.165, 1.54) is 16.2 Å². The van der Waals surface area contributed by atoms with E-state index in [1.807, 2.05) is 12.1 Å². The molecule has 10 nitrogen and oxygen atoms in total. The molecule has 2 aromatic heterocycles. The first-order valence-electron chi connectivity index (χ1n) is 9.30. The molecule has 1 saturated heterocycles. The summed E-state index contributed by atoms with van der Waals surface area (Å²) in [6.07, 6.45) is 1.72. The molecule has 12 heteroatoms. The van der Waals surface area contributed by atoms with Gasteiger partial charge in [0, 0.05) is 18.8 Å². The Morgan fingerprint density at radius 1 is 1.13 bits per heavy atom. The molecule has 4 amide bonds. The molecular weight excluding hydrogens is 442 g/mol. The Hall–Kier alpha value is -3.44. The molecule has 1 aliphatic rings. The smallest absolute Gasteiger partial charge is 0.315 e. The van der Waals surface area contributed by atoms with Gasteiger partial charge in [-0.3, -0.25) is 9.59 Å². The van der Waals surface area contributed by atoms with Crippen LogP contribution in [0, 0.1) is 0 Å². The number of carbonyl (C=O) groups excluding carboxylic acids is 3. The third-order valence-corrected chi connectivity index (χ3v) is 5.96. The Balaban J connectivity index is 1.37. The Kier molecular flexibility index (Phi) is 5.87. The highest BCUT2D eigenvalue weighted by atomic mass is 35.5. The second kappa shape index (κ2) is 8.74. The van der Waals surface area contributed by atoms with E-state index >= 15 is 0 Å². The molecule has 3 heterocycles. The lowest BCUT2D eigenvalue weighted by Crippen LogP contribution is -2.53. The zero-order valence-corrected chi connectivity index (χ0v) is 17.8. The lowest BCUT2D eigenvalue weighted by molar-refractivity contribution is -0.120. The van der Waals surface area contributed by atoms with Gasteiger partial charge < -0.3 is 20.9 Å². The minimum Gasteiger partial charge on any atom is -0.351 e. The van der Waals surface area contributed by atoms with Gasteiger partial charge in [0.25, 0.3) is 5.91 Å². The summed E-state index contributed by atoms with van der Waals surface area (Å²) in [4.78, 5) is 39.1. The van der Waals surface area contributed by atoms with Crippen LogP contribution in [0.2, 0.25) is 4.34 Å². The van der Waals surface area contributed by atoms with Gasteiger partial charge in [-0.05, 0) is 36.4 Å². The molecule has 0 unspecified atom stereocenters. The molecule has 1 aliphatic heterocycles. The van der Waals surface area contributed by atoms with E-state index in [1.54, 1.807) is 40.0 Å². The molecule has 0 atom stereocenters. The summed E-state index contributed by atoms with van der Waals surface area (Å²) in [5, 5.41) is 10.9. The van der Waals surface area contributed by atoms with Gasteiger partial charge in [0.2, 0.25) is 5.91 Å². The predicted molar refractivity (Wildman–Crippen MR) is 115 cm³/mol. The van der Waals surface area contributed by atoms with E-state index in [0.29, 0.717) is 28.0 Å². The van der Waals surface area contributed by atoms with E-state index in [-0.39, 0.29) is 24.9 Å². The van der Waals surface area contributed by atoms with Crippen molar-refractivity contribution in [1.82, 2.24) is 25.2 Å². The first kappa shape index (κ1) is 20.8. The fourth-order valence-electron chi connectivity index (χ4n) is 3.12. The van der Waals surface area contributed by atoms with Crippen LogP contribution in [0.1, 0.15) is 15.4 Å². The fourth-order valence-corrected chi connectivity index (χ4v) is 4.08. The highest BCUT2D eigenvalue weighted by Gasteiger charge is 2.26. The zero-order chi connectivity index (χ0) is 22.0. The van der Waals surface area contributed by atoms with E-state index in [2.05, 4.69) is 15.6 Å². The minimum atomic E-state index is -0.597. The monoisotopic (exact) mass is 459 g/mol. The fraction of sp³-hybridized carbons (Fsp3) is 0.211. The van der Waals surface area contributed by atoms with Gasteiger partial charge in [0.1, 0.15) is 12.2 Å². The van der Waals surface area contributed by atoms with Crippen molar-refractivity contribution in [2.45, 2.75) is 6.54 Å². The molecule has 1 fully saturated rings. The number of halogens is 1. The van der Waals surface area contributed by atoms with Crippen molar-refractivity contribution in [3.63, 3.8) is 0 Å². The number of anilines is 1. The summed E-state index contributed by atoms with van der Waals surface area (Å²) in [5.41, 5.74) is 7.31. The number of thiophene rings is 1. The van der Waals surface area contributed by atoms with Gasteiger partial charge in [-0.2, -0.15) is 0 Å². The number of hydrogen-bond acceptors (Lipinski definition) is 6. The molecule has 3 N–H and O–H groups in total. The molecule has 160 valence electrons. The van der Waals surface area contributed by atoms with Crippen LogP contribution in [0.25, 0.3) is 5.69 Å². The summed E-state index contributed by atoms with van der Waals surface area (Å²) in [7, 11) is 0. The van der Waals surface area contributed by atoms with Gasteiger partial charge in [-0.15, -0.1) is 16.4 Å². The molecule has 1 aromatic carbocycles. The Morgan fingerprint density at radius 2 is 1.87 bits per heavy atom. The van der Waals surface area contributed by atoms with E-state index < -0.39 is 6.03 Å². The highest BCUT2D eigenvalue weighted by molar-refractivity contribution is 7.17. The van der Waals surface area contributed by atoms with E-state index in [0.717, 1.165) is 11.4 Å². The molecule has 0 spiro atoms. The van der Waals surface area contributed by atoms with Crippen LogP contribution >= 0.6 is 22.9 Å². The van der Waals surface area contributed by atoms with Crippen LogP contribution < -0.4 is 16.0 Å². The largest absolute Gasteiger partial charge is 0.351 e. The number of carbonyl (C=O) groups is 3. The Labute approximate surface area is 186 Å². The van der Waals surface area contributed by atoms with Crippen molar-refractivity contribution >= 4 is 46.5 Å². The first-order valence-corrected chi connectivity index (χ1v) is 10.5. The number of hydrogen-bond donors (Lipinski definition) is 2. The van der Waals surface area contributed by atoms with Gasteiger partial charge in [-0.1, -0.05) is 16.8 Å². The molecule has 0 bridgehead atoms. The maximum Gasteiger partial charge on any atom is 0.315 e. The van der Waals surface area contributed by atoms with Crippen LogP contribution in [0.3, 0.4) is 0 Å². The number of aromatic nitrogens is 3. The standard InChI is InChI=1S/C19H18ClN7O3S/c20-16-6-5-15(31-16)18(29)22-9-12-10-27(24-23-12)14-3-1-13(2-4-14)26-8-7-25(19(21)30)11-17(26)28/h1-6,10H,7-9,11H2,(H2,21,30)(H,22,29). The molecular formula is C19H18ClN7O3S. The number of piperazine rings is 1. The van der Waals surface area contributed by atoms with Gasteiger partial charge >= 0.3 is 6.03 Å². The third kappa shape index (κ3) is 4.67. The molecule has 3 aromatic rings. The molecule has 31 heavy (non-hydrogen) atoms. The summed E-state index contributed by atoms with van der Waals surface area (Å²) in [6, 6.07) is 9.97. The van der Waals surface area contributed by atoms with Crippen molar-refractivity contribution in [2.75, 3.05) is 24.5 Å². The quantitative estimate of drug-likeness (QED) is 0.599. The summed E-state index contributed by atoms with van der Waals surface area (Å²) < 4.78 is 2.14. The van der Waals surface area contributed by atoms with Gasteiger partial charge in [-0.25, -0.2) is 9.48 Å². The van der Waals surface area contributed by atoms with Crippen LogP contribution in [-0.4, -0.2) is 57.4 Å². The number of amides is 4. The lowest BCUT2D eigenvalue weighted by atomic mass is 10.2. The molecule has 0 aliphatic carbocycles. The molecule has 4 rings (SSSR count). The summed E-state index contributed by atoms with van der Waals surface area (Å²) in [5.74, 6) is -0.416. The average Bonchev–Trinajstić information content (AvgIpc) is 3.41. The van der Waals surface area contributed by atoms with Crippen molar-refractivity contribution < 1.29 is 14.4 Å². The van der Waals surface area contributed by atoms with Crippen molar-refractivity contribution in [3.05, 3.63) is 57.5 Å². The first-order chi connectivity index (χ1) is 14.9. The van der Waals surface area contributed by atoms with Crippen molar-refractivity contribution in [2.24, 2.45) is 5.73 Å². The lowest BCUT2D eigenvalue weighted by Gasteiger charge is -2.33. The summed E-state index contributed by atoms with van der Waals surface area (Å²) in [6.45, 7) is 0.959. The van der Waals surface area contributed by atoms with Crippen molar-refractivity contribution in [3.8, 4) is 5.69 Å². The zero-order valence-electron chi connectivity index (χ0n) is 16.2. The normalized spacial score (nSPS) is 14.0. The minimum absolute atomic E-state index is 0.0348. The Morgan fingerprint density at radius 3 is 2.52 bits per heavy atom. The number of benzene rings is 1. The van der Waals surface area contributed by atoms with Crippen molar-refractivity contribution in [1.29, 1.82) is 0 Å². The Bertz CT molecular complexity index is 1130. The van der Waals surface area contributed by atoms with E-state index in [4.69, 9.17) is 17.3 Å². The highest BCUT2D eigenvalue weighted by Crippen LogP contribution is 2.22. The molecule has 0 saturated carbocycles. The van der Waals surface area contributed by atoms with Crippen LogP contribution in [0.5, 0.6) is 0 Å². The maximum absolute atomic E-state index is 12.3. The number of nitrogens with zero attached hydrogens (tertiary/aromatic N) is 5. The second-order valence-electron chi connectivity index (χ2n) is 6.76. The van der Waals surface area contributed by atoms with Crippen LogP contribution in [0.4, 0.5) is 10.5 Å². The SMILES string of the molecule is NC(=O)N1CCN(c2ccc(-n3cc(CNC(=O)c4ccc(Cl)s4)nn3)cc2)C(=O)C1. The predicted octanol–water partition coefficient (Wildman–Crippen LogP) is 1.64. The number of urea groups is 1. The number of rotatable bonds is 5. The van der Waals surface area contributed by atoms with Gasteiger partial charge in [0.05, 0.1) is 27.6 Å². The third-order valence-electron chi connectivity index (χ3n) is 4.73. The van der Waals surface area contributed by atoms with Crippen LogP contribution in [-0.2, 0) is 11.3 Å². The van der Waals surface area contributed by atoms with Gasteiger partial charge in [0.15, 0.2) is 0 Å². The second-order valence-corrected chi connectivity index (χ2v) is 8.48. The van der Waals surface area contributed by atoms with Crippen LogP contribution in [0.15, 0.2) is 42.6 Å². The molecule has 0 radical (unpaired) electrons. The topological polar surface area (TPSA) is 126 Å². The average molecular weight is 460 g/mol. The summed E-state index contributed by atoms with van der Waals surface area (Å²) >= 11 is 7.06.